The molecule has 1 N–H and O–H groups in total. The van der Waals surface area contributed by atoms with E-state index in [2.05, 4.69) is 14.1 Å². The summed E-state index contributed by atoms with van der Waals surface area (Å²) < 4.78 is 0. The number of halogens is 2. The Balaban J connectivity index is 2.21. The third kappa shape index (κ3) is 3.86. The largest absolute Gasteiger partial charge is 0.340 e. The zero-order valence-electron chi connectivity index (χ0n) is 12.5. The van der Waals surface area contributed by atoms with Crippen LogP contribution in [-0.2, 0) is 4.79 Å². The Morgan fingerprint density at radius 2 is 1.90 bits per heavy atom. The third-order valence-electron chi connectivity index (χ3n) is 3.57. The van der Waals surface area contributed by atoms with Crippen LogP contribution in [0.2, 0.25) is 10.0 Å². The van der Waals surface area contributed by atoms with Gasteiger partial charge in [0.25, 0.3) is 0 Å². The van der Waals surface area contributed by atoms with Gasteiger partial charge in [-0.3, -0.25) is 4.79 Å². The van der Waals surface area contributed by atoms with Gasteiger partial charge in [0.2, 0.25) is 5.91 Å². The van der Waals surface area contributed by atoms with Gasteiger partial charge >= 0.3 is 0 Å². The molecule has 1 aliphatic rings. The summed E-state index contributed by atoms with van der Waals surface area (Å²) in [5.74, 6) is 0.176. The lowest BCUT2D eigenvalue weighted by Gasteiger charge is -2.25. The lowest BCUT2D eigenvalue weighted by Crippen LogP contribution is -3.05. The Kier molecular flexibility index (Phi) is 5.83. The third-order valence-corrected chi connectivity index (χ3v) is 5.59. The Labute approximate surface area is 140 Å². The number of nitrogens with zero attached hydrogens (tertiary/aromatic N) is 1. The molecule has 0 saturated carbocycles. The van der Waals surface area contributed by atoms with E-state index in [1.165, 1.54) is 4.90 Å². The second-order valence-corrected chi connectivity index (χ2v) is 7.85. The fourth-order valence-corrected chi connectivity index (χ4v) is 4.59. The predicted octanol–water partition coefficient (Wildman–Crippen LogP) is 2.49. The molecule has 1 saturated heterocycles. The molecule has 0 aromatic heterocycles. The second kappa shape index (κ2) is 7.23. The molecule has 1 aromatic rings. The smallest absolute Gasteiger partial charge is 0.236 e. The molecular weight excluding hydrogens is 327 g/mol. The van der Waals surface area contributed by atoms with Crippen molar-refractivity contribution in [3.63, 3.8) is 0 Å². The first-order valence-electron chi connectivity index (χ1n) is 7.10. The highest BCUT2D eigenvalue weighted by atomic mass is 35.5. The monoisotopic (exact) mass is 347 g/mol. The summed E-state index contributed by atoms with van der Waals surface area (Å²) in [5.41, 5.74) is 0.862. The number of hydrogen-bond donors (Lipinski definition) is 1. The molecule has 0 unspecified atom stereocenters. The minimum Gasteiger partial charge on any atom is -0.340 e. The van der Waals surface area contributed by atoms with Crippen LogP contribution < -0.4 is 4.90 Å². The molecule has 0 bridgehead atoms. The van der Waals surface area contributed by atoms with Crippen molar-refractivity contribution >= 4 is 40.9 Å². The van der Waals surface area contributed by atoms with Gasteiger partial charge in [-0.15, -0.1) is 11.8 Å². The molecule has 0 radical (unpaired) electrons. The molecule has 2 rings (SSSR count). The van der Waals surface area contributed by atoms with E-state index in [0.717, 1.165) is 25.1 Å². The normalized spacial score (nSPS) is 22.4. The van der Waals surface area contributed by atoms with Gasteiger partial charge < -0.3 is 9.80 Å². The lowest BCUT2D eigenvalue weighted by molar-refractivity contribution is -0.858. The van der Waals surface area contributed by atoms with Gasteiger partial charge in [0.05, 0.1) is 25.9 Å². The molecule has 0 spiro atoms. The zero-order chi connectivity index (χ0) is 15.6. The van der Waals surface area contributed by atoms with Crippen molar-refractivity contribution in [1.82, 2.24) is 4.90 Å². The fourth-order valence-electron chi connectivity index (χ4n) is 2.48. The Morgan fingerprint density at radius 1 is 1.29 bits per heavy atom. The molecule has 1 amide bonds. The minimum absolute atomic E-state index is 0.0472. The van der Waals surface area contributed by atoms with Crippen molar-refractivity contribution in [3.8, 4) is 0 Å². The summed E-state index contributed by atoms with van der Waals surface area (Å²) in [6, 6.07) is 5.50. The van der Waals surface area contributed by atoms with E-state index in [0.29, 0.717) is 10.0 Å². The zero-order valence-corrected chi connectivity index (χ0v) is 14.9. The number of hydrogen-bond acceptors (Lipinski definition) is 2. The highest BCUT2D eigenvalue weighted by Crippen LogP contribution is 2.47. The van der Waals surface area contributed by atoms with Crippen LogP contribution in [0.3, 0.4) is 0 Å². The molecule has 6 heteroatoms. The van der Waals surface area contributed by atoms with Crippen molar-refractivity contribution in [2.45, 2.75) is 24.0 Å². The topological polar surface area (TPSA) is 24.8 Å². The van der Waals surface area contributed by atoms with Crippen LogP contribution in [-0.4, -0.2) is 43.2 Å². The number of thioether (sulfide) groups is 1. The summed E-state index contributed by atoms with van der Waals surface area (Å²) in [5, 5.41) is 1.13. The Bertz CT molecular complexity index is 504. The highest BCUT2D eigenvalue weighted by molar-refractivity contribution is 8.01. The van der Waals surface area contributed by atoms with Gasteiger partial charge in [-0.2, -0.15) is 0 Å². The number of benzene rings is 1. The number of carbonyl (C=O) groups is 1. The average Bonchev–Trinajstić information content (AvgIpc) is 2.66. The summed E-state index contributed by atoms with van der Waals surface area (Å²) in [7, 11) is 4.23. The maximum absolute atomic E-state index is 12.4. The van der Waals surface area contributed by atoms with Crippen molar-refractivity contribution in [2.24, 2.45) is 0 Å². The van der Waals surface area contributed by atoms with E-state index >= 15 is 0 Å². The molecule has 3 nitrogen and oxygen atoms in total. The fraction of sp³-hybridized carbons (Fsp3) is 0.533. The Hall–Kier alpha value is -0.420. The van der Waals surface area contributed by atoms with E-state index in [-0.39, 0.29) is 16.5 Å². The summed E-state index contributed by atoms with van der Waals surface area (Å²) in [6.45, 7) is 3.72. The number of rotatable bonds is 5. The van der Waals surface area contributed by atoms with Gasteiger partial charge in [0.1, 0.15) is 5.37 Å². The number of nitrogens with one attached hydrogen (secondary N) is 1. The van der Waals surface area contributed by atoms with Crippen LogP contribution in [0.4, 0.5) is 0 Å². The first-order chi connectivity index (χ1) is 9.91. The molecule has 1 fully saturated rings. The minimum atomic E-state index is -0.0779. The molecule has 0 aliphatic carbocycles. The van der Waals surface area contributed by atoms with E-state index in [1.807, 2.05) is 30.0 Å². The van der Waals surface area contributed by atoms with Crippen LogP contribution in [0.5, 0.6) is 0 Å². The Morgan fingerprint density at radius 3 is 2.48 bits per heavy atom. The molecule has 21 heavy (non-hydrogen) atoms. The molecule has 2 atom stereocenters. The van der Waals surface area contributed by atoms with Gasteiger partial charge in [-0.1, -0.05) is 29.3 Å². The molecule has 116 valence electrons. The molecule has 1 aromatic carbocycles. The van der Waals surface area contributed by atoms with Crippen LogP contribution in [0, 0.1) is 0 Å². The van der Waals surface area contributed by atoms with Gasteiger partial charge in [-0.05, 0) is 19.1 Å². The molecule has 1 heterocycles. The van der Waals surface area contributed by atoms with Crippen molar-refractivity contribution < 1.29 is 9.69 Å². The van der Waals surface area contributed by atoms with Crippen molar-refractivity contribution in [3.05, 3.63) is 33.8 Å². The van der Waals surface area contributed by atoms with E-state index in [4.69, 9.17) is 23.2 Å². The second-order valence-electron chi connectivity index (χ2n) is 5.61. The summed E-state index contributed by atoms with van der Waals surface area (Å²) in [4.78, 5) is 15.7. The van der Waals surface area contributed by atoms with Crippen molar-refractivity contribution in [2.75, 3.05) is 27.2 Å². The van der Waals surface area contributed by atoms with Crippen molar-refractivity contribution in [1.29, 1.82) is 0 Å². The van der Waals surface area contributed by atoms with Crippen LogP contribution in [0.15, 0.2) is 18.2 Å². The number of quaternary nitrogens is 1. The standard InChI is InChI=1S/C15H20Cl2N2OS/c1-10-14(20)19(9-5-8-18(2)3)15(21-10)13-11(16)6-4-7-12(13)17/h4,6-7,10,15H,5,8-9H2,1-3H3/p+1/t10-,15-/m0/s1. The first kappa shape index (κ1) is 16.9. The maximum atomic E-state index is 12.4. The van der Waals surface area contributed by atoms with Crippen LogP contribution >= 0.6 is 35.0 Å². The average molecular weight is 348 g/mol. The van der Waals surface area contributed by atoms with Gasteiger partial charge in [0, 0.05) is 28.6 Å². The number of amides is 1. The summed E-state index contributed by atoms with van der Waals surface area (Å²) in [6.07, 6.45) is 0.972. The molecule has 1 aliphatic heterocycles. The first-order valence-corrected chi connectivity index (χ1v) is 8.80. The SMILES string of the molecule is C[C@@H]1S[C@@H](c2c(Cl)cccc2Cl)N(CCC[NH+](C)C)C1=O. The quantitative estimate of drug-likeness (QED) is 0.884. The van der Waals surface area contributed by atoms with Crippen LogP contribution in [0.1, 0.15) is 24.3 Å². The molecular formula is C15H21Cl2N2OS+. The van der Waals surface area contributed by atoms with Gasteiger partial charge in [-0.25, -0.2) is 0 Å². The lowest BCUT2D eigenvalue weighted by atomic mass is 10.2. The summed E-state index contributed by atoms with van der Waals surface area (Å²) >= 11 is 14.3. The van der Waals surface area contributed by atoms with E-state index < -0.39 is 0 Å². The number of carbonyl (C=O) groups excluding carboxylic acids is 1. The van der Waals surface area contributed by atoms with Crippen LogP contribution in [0.25, 0.3) is 0 Å². The van der Waals surface area contributed by atoms with Gasteiger partial charge in [0.15, 0.2) is 0 Å². The van der Waals surface area contributed by atoms with E-state index in [9.17, 15) is 4.79 Å². The van der Waals surface area contributed by atoms with E-state index in [1.54, 1.807) is 11.8 Å². The maximum Gasteiger partial charge on any atom is 0.236 e. The highest BCUT2D eigenvalue weighted by Gasteiger charge is 2.39. The predicted molar refractivity (Wildman–Crippen MR) is 90.3 cm³/mol.